The molecule has 1 aromatic carbocycles. The molecule has 3 atom stereocenters. The Balaban J connectivity index is 2.46. The molecule has 1 aromatic rings. The van der Waals surface area contributed by atoms with Crippen molar-refractivity contribution in [3.8, 4) is 0 Å². The van der Waals surface area contributed by atoms with Crippen molar-refractivity contribution in [2.24, 2.45) is 16.7 Å². The molecule has 0 radical (unpaired) electrons. The Morgan fingerprint density at radius 1 is 1.06 bits per heavy atom. The van der Waals surface area contributed by atoms with Crippen LogP contribution in [0.25, 0.3) is 6.08 Å². The first-order valence-electron chi connectivity index (χ1n) is 11.1. The minimum absolute atomic E-state index is 0.142. The van der Waals surface area contributed by atoms with E-state index in [1.54, 1.807) is 33.8 Å². The molecule has 1 saturated carbocycles. The zero-order valence-corrected chi connectivity index (χ0v) is 20.2. The number of ether oxygens (including phenoxy) is 2. The minimum atomic E-state index is -1.90. The monoisotopic (exact) mass is 444 g/mol. The van der Waals surface area contributed by atoms with E-state index >= 15 is 0 Å². The maximum Gasteiger partial charge on any atom is 0.331 e. The molecule has 1 aliphatic rings. The molecule has 0 heterocycles. The highest BCUT2D eigenvalue weighted by Gasteiger charge is 2.68. The van der Waals surface area contributed by atoms with E-state index in [1.807, 2.05) is 44.2 Å². The Morgan fingerprint density at radius 2 is 1.66 bits per heavy atom. The number of carbonyl (C=O) groups is 3. The summed E-state index contributed by atoms with van der Waals surface area (Å²) in [6.45, 7) is 12.1. The van der Waals surface area contributed by atoms with E-state index in [2.05, 4.69) is 0 Å². The average molecular weight is 445 g/mol. The smallest absolute Gasteiger partial charge is 0.331 e. The highest BCUT2D eigenvalue weighted by Crippen LogP contribution is 2.52. The molecular weight excluding hydrogens is 408 g/mol. The van der Waals surface area contributed by atoms with Crippen LogP contribution >= 0.6 is 0 Å². The van der Waals surface area contributed by atoms with Crippen molar-refractivity contribution >= 4 is 23.8 Å². The lowest BCUT2D eigenvalue weighted by Gasteiger charge is -2.56. The number of esters is 2. The van der Waals surface area contributed by atoms with Crippen molar-refractivity contribution in [1.29, 1.82) is 0 Å². The van der Waals surface area contributed by atoms with Crippen molar-refractivity contribution in [1.82, 2.24) is 0 Å². The fraction of sp³-hybridized carbons (Fsp3) is 0.577. The van der Waals surface area contributed by atoms with E-state index in [1.165, 1.54) is 13.0 Å². The highest BCUT2D eigenvalue weighted by molar-refractivity contribution is 5.95. The zero-order valence-electron chi connectivity index (χ0n) is 20.2. The van der Waals surface area contributed by atoms with Crippen molar-refractivity contribution in [2.45, 2.75) is 79.1 Å². The number of rotatable bonds is 7. The largest absolute Gasteiger partial charge is 0.461 e. The van der Waals surface area contributed by atoms with E-state index in [9.17, 15) is 19.5 Å². The van der Waals surface area contributed by atoms with Gasteiger partial charge >= 0.3 is 11.9 Å². The summed E-state index contributed by atoms with van der Waals surface area (Å²) < 4.78 is 11.3. The lowest BCUT2D eigenvalue weighted by atomic mass is 9.54. The molecule has 0 spiro atoms. The van der Waals surface area contributed by atoms with Gasteiger partial charge in [0, 0.05) is 18.4 Å². The molecule has 0 bridgehead atoms. The summed E-state index contributed by atoms with van der Waals surface area (Å²) >= 11 is 0. The maximum absolute atomic E-state index is 13.6. The predicted molar refractivity (Wildman–Crippen MR) is 123 cm³/mol. The first-order chi connectivity index (χ1) is 14.7. The van der Waals surface area contributed by atoms with Crippen LogP contribution in [-0.2, 0) is 23.9 Å². The molecular formula is C26H36O6. The lowest BCUT2D eigenvalue weighted by Crippen LogP contribution is -2.72. The molecule has 1 N–H and O–H groups in total. The van der Waals surface area contributed by atoms with Gasteiger partial charge in [0.2, 0.25) is 0 Å². The Morgan fingerprint density at radius 3 is 2.19 bits per heavy atom. The van der Waals surface area contributed by atoms with Crippen LogP contribution in [0.5, 0.6) is 0 Å². The number of Topliss-reactive ketones (excluding diaryl/α,β-unsaturated/α-hetero) is 1. The fourth-order valence-corrected chi connectivity index (χ4v) is 4.83. The van der Waals surface area contributed by atoms with E-state index < -0.39 is 46.4 Å². The third-order valence-electron chi connectivity index (χ3n) is 6.25. The van der Waals surface area contributed by atoms with E-state index in [0.717, 1.165) is 5.56 Å². The van der Waals surface area contributed by atoms with Crippen molar-refractivity contribution in [3.05, 3.63) is 42.0 Å². The summed E-state index contributed by atoms with van der Waals surface area (Å²) in [5.41, 5.74) is -3.27. The second kappa shape index (κ2) is 9.57. The molecule has 0 aliphatic heterocycles. The SMILES string of the molecule is CC(=O)OC1C(C)(C)C(=O)C(O)(CCC(C)C)C(OC(=O)/C=C/c2ccccc2)C1(C)C. The number of hydrogen-bond donors (Lipinski definition) is 1. The molecule has 1 fully saturated rings. The molecule has 3 unspecified atom stereocenters. The summed E-state index contributed by atoms with van der Waals surface area (Å²) in [7, 11) is 0. The highest BCUT2D eigenvalue weighted by atomic mass is 16.6. The van der Waals surface area contributed by atoms with Gasteiger partial charge in [0.1, 0.15) is 12.2 Å². The fourth-order valence-electron chi connectivity index (χ4n) is 4.83. The molecule has 0 aromatic heterocycles. The molecule has 2 rings (SSSR count). The Kier molecular flexibility index (Phi) is 7.71. The Bertz CT molecular complexity index is 868. The van der Waals surface area contributed by atoms with Crippen LogP contribution in [0.4, 0.5) is 0 Å². The molecule has 6 nitrogen and oxygen atoms in total. The summed E-state index contributed by atoms with van der Waals surface area (Å²) in [5, 5.41) is 11.7. The van der Waals surface area contributed by atoms with Crippen LogP contribution < -0.4 is 0 Å². The summed E-state index contributed by atoms with van der Waals surface area (Å²) in [4.78, 5) is 38.2. The van der Waals surface area contributed by atoms with Crippen LogP contribution in [0, 0.1) is 16.7 Å². The van der Waals surface area contributed by atoms with Gasteiger partial charge in [-0.15, -0.1) is 0 Å². The molecule has 6 heteroatoms. The maximum atomic E-state index is 13.6. The minimum Gasteiger partial charge on any atom is -0.461 e. The van der Waals surface area contributed by atoms with Gasteiger partial charge in [0.25, 0.3) is 0 Å². The quantitative estimate of drug-likeness (QED) is 0.497. The van der Waals surface area contributed by atoms with Crippen molar-refractivity contribution in [3.63, 3.8) is 0 Å². The lowest BCUT2D eigenvalue weighted by molar-refractivity contribution is -0.236. The predicted octanol–water partition coefficient (Wildman–Crippen LogP) is 4.35. The van der Waals surface area contributed by atoms with Crippen molar-refractivity contribution < 1.29 is 29.0 Å². The van der Waals surface area contributed by atoms with Gasteiger partial charge in [-0.3, -0.25) is 9.59 Å². The molecule has 32 heavy (non-hydrogen) atoms. The first kappa shape index (κ1) is 25.8. The number of hydrogen-bond acceptors (Lipinski definition) is 6. The van der Waals surface area contributed by atoms with E-state index in [0.29, 0.717) is 6.42 Å². The van der Waals surface area contributed by atoms with E-state index in [-0.39, 0.29) is 12.3 Å². The Labute approximate surface area is 191 Å². The van der Waals surface area contributed by atoms with Crippen LogP contribution in [-0.4, -0.2) is 40.6 Å². The van der Waals surface area contributed by atoms with Gasteiger partial charge in [-0.05, 0) is 44.2 Å². The number of carbonyl (C=O) groups excluding carboxylic acids is 3. The van der Waals surface area contributed by atoms with Gasteiger partial charge in [-0.1, -0.05) is 58.0 Å². The molecule has 1 aliphatic carbocycles. The van der Waals surface area contributed by atoms with Gasteiger partial charge in [-0.25, -0.2) is 4.79 Å². The third-order valence-corrected chi connectivity index (χ3v) is 6.25. The number of benzene rings is 1. The summed E-state index contributed by atoms with van der Waals surface area (Å²) in [6, 6.07) is 9.26. The molecule has 0 saturated heterocycles. The summed E-state index contributed by atoms with van der Waals surface area (Å²) in [6.07, 6.45) is 1.53. The number of aliphatic hydroxyl groups is 1. The van der Waals surface area contributed by atoms with Gasteiger partial charge < -0.3 is 14.6 Å². The standard InChI is InChI=1S/C26H36O6/c1-17(2)15-16-26(30)21(29)24(4,5)22(31-18(3)27)25(6,7)23(26)32-20(28)14-13-19-11-9-8-10-12-19/h8-14,17,22-23,30H,15-16H2,1-7H3/b14-13+. The van der Waals surface area contributed by atoms with Gasteiger partial charge in [0.05, 0.1) is 5.41 Å². The van der Waals surface area contributed by atoms with E-state index in [4.69, 9.17) is 9.47 Å². The average Bonchev–Trinajstić information content (AvgIpc) is 2.71. The molecule has 0 amide bonds. The van der Waals surface area contributed by atoms with Gasteiger partial charge in [0.15, 0.2) is 11.4 Å². The van der Waals surface area contributed by atoms with Crippen LogP contribution in [0.15, 0.2) is 36.4 Å². The molecule has 176 valence electrons. The topological polar surface area (TPSA) is 89.9 Å². The van der Waals surface area contributed by atoms with Gasteiger partial charge in [-0.2, -0.15) is 0 Å². The third kappa shape index (κ3) is 5.29. The van der Waals surface area contributed by atoms with Crippen LogP contribution in [0.3, 0.4) is 0 Å². The zero-order chi connectivity index (χ0) is 24.3. The van der Waals surface area contributed by atoms with Crippen molar-refractivity contribution in [2.75, 3.05) is 0 Å². The first-order valence-corrected chi connectivity index (χ1v) is 11.1. The summed E-state index contributed by atoms with van der Waals surface area (Å²) in [5.74, 6) is -1.46. The number of ketones is 1. The second-order valence-corrected chi connectivity index (χ2v) is 10.3. The van der Waals surface area contributed by atoms with Crippen LogP contribution in [0.2, 0.25) is 0 Å². The second-order valence-electron chi connectivity index (χ2n) is 10.3. The Hall–Kier alpha value is -2.47. The normalized spacial score (nSPS) is 26.8. The van der Waals surface area contributed by atoms with Crippen LogP contribution in [0.1, 0.15) is 66.9 Å².